The maximum absolute atomic E-state index is 11.4. The zero-order chi connectivity index (χ0) is 11.5. The Kier molecular flexibility index (Phi) is 3.82. The predicted molar refractivity (Wildman–Crippen MR) is 64.0 cm³/mol. The molecule has 0 bridgehead atoms. The van der Waals surface area contributed by atoms with Crippen molar-refractivity contribution in [1.82, 2.24) is 10.2 Å². The highest BCUT2D eigenvalue weighted by Gasteiger charge is 2.29. The number of nitrogens with two attached hydrogens (primary N) is 1. The highest BCUT2D eigenvalue weighted by Crippen LogP contribution is 2.20. The SMILES string of the molecule is CC1CCCN(CC(NC2CC2)C(N)=O)C1. The zero-order valence-electron chi connectivity index (χ0n) is 10.1. The van der Waals surface area contributed by atoms with Crippen LogP contribution in [0.2, 0.25) is 0 Å². The van der Waals surface area contributed by atoms with E-state index in [9.17, 15) is 4.79 Å². The lowest BCUT2D eigenvalue weighted by atomic mass is 10.00. The highest BCUT2D eigenvalue weighted by atomic mass is 16.1. The number of hydrogen-bond donors (Lipinski definition) is 2. The van der Waals surface area contributed by atoms with Crippen LogP contribution in [0.3, 0.4) is 0 Å². The van der Waals surface area contributed by atoms with E-state index in [0.29, 0.717) is 6.04 Å². The minimum absolute atomic E-state index is 0.155. The molecule has 0 radical (unpaired) electrons. The number of rotatable bonds is 5. The molecular weight excluding hydrogens is 202 g/mol. The summed E-state index contributed by atoms with van der Waals surface area (Å²) in [5.41, 5.74) is 5.44. The Morgan fingerprint density at radius 2 is 2.25 bits per heavy atom. The first kappa shape index (κ1) is 11.9. The second kappa shape index (κ2) is 5.15. The molecule has 2 unspecified atom stereocenters. The fraction of sp³-hybridized carbons (Fsp3) is 0.917. The van der Waals surface area contributed by atoms with Crippen LogP contribution in [0, 0.1) is 5.92 Å². The molecule has 0 aromatic rings. The zero-order valence-corrected chi connectivity index (χ0v) is 10.1. The number of amides is 1. The summed E-state index contributed by atoms with van der Waals surface area (Å²) in [4.78, 5) is 13.7. The van der Waals surface area contributed by atoms with Gasteiger partial charge in [0.25, 0.3) is 0 Å². The fourth-order valence-corrected chi connectivity index (χ4v) is 2.47. The van der Waals surface area contributed by atoms with Gasteiger partial charge in [0, 0.05) is 19.1 Å². The van der Waals surface area contributed by atoms with Crippen molar-refractivity contribution in [3.8, 4) is 0 Å². The van der Waals surface area contributed by atoms with Gasteiger partial charge in [0.15, 0.2) is 0 Å². The van der Waals surface area contributed by atoms with Gasteiger partial charge >= 0.3 is 0 Å². The lowest BCUT2D eigenvalue weighted by Crippen LogP contribution is -2.51. The Morgan fingerprint density at radius 1 is 1.50 bits per heavy atom. The summed E-state index contributed by atoms with van der Waals surface area (Å²) in [6, 6.07) is 0.387. The number of nitrogens with zero attached hydrogens (tertiary/aromatic N) is 1. The number of hydrogen-bond acceptors (Lipinski definition) is 3. The van der Waals surface area contributed by atoms with Crippen molar-refractivity contribution in [2.75, 3.05) is 19.6 Å². The topological polar surface area (TPSA) is 58.4 Å². The molecule has 2 aliphatic rings. The van der Waals surface area contributed by atoms with Crippen LogP contribution in [-0.4, -0.2) is 42.5 Å². The first-order chi connectivity index (χ1) is 7.65. The summed E-state index contributed by atoms with van der Waals surface area (Å²) >= 11 is 0. The largest absolute Gasteiger partial charge is 0.368 e. The molecule has 0 spiro atoms. The maximum atomic E-state index is 11.4. The summed E-state index contributed by atoms with van der Waals surface area (Å²) in [6.45, 7) is 5.28. The number of primary amides is 1. The molecule has 1 saturated heterocycles. The smallest absolute Gasteiger partial charge is 0.235 e. The third-order valence-corrected chi connectivity index (χ3v) is 3.54. The molecule has 1 amide bonds. The quantitative estimate of drug-likeness (QED) is 0.708. The molecule has 1 aliphatic heterocycles. The summed E-state index contributed by atoms with van der Waals surface area (Å²) in [6.07, 6.45) is 4.95. The van der Waals surface area contributed by atoms with Crippen LogP contribution in [-0.2, 0) is 4.79 Å². The van der Waals surface area contributed by atoms with Gasteiger partial charge in [-0.05, 0) is 38.1 Å². The van der Waals surface area contributed by atoms with E-state index < -0.39 is 0 Å². The molecule has 2 rings (SSSR count). The standard InChI is InChI=1S/C12H23N3O/c1-9-3-2-6-15(7-9)8-11(12(13)16)14-10-4-5-10/h9-11,14H,2-8H2,1H3,(H2,13,16). The summed E-state index contributed by atoms with van der Waals surface area (Å²) < 4.78 is 0. The number of likely N-dealkylation sites (tertiary alicyclic amines) is 1. The lowest BCUT2D eigenvalue weighted by Gasteiger charge is -2.33. The normalized spacial score (nSPS) is 28.9. The number of carbonyl (C=O) groups is 1. The molecule has 1 aliphatic carbocycles. The van der Waals surface area contributed by atoms with E-state index in [1.54, 1.807) is 0 Å². The molecule has 1 saturated carbocycles. The average molecular weight is 225 g/mol. The van der Waals surface area contributed by atoms with Crippen molar-refractivity contribution in [3.63, 3.8) is 0 Å². The number of nitrogens with one attached hydrogen (secondary N) is 1. The van der Waals surface area contributed by atoms with Gasteiger partial charge < -0.3 is 16.0 Å². The van der Waals surface area contributed by atoms with Crippen LogP contribution in [0.25, 0.3) is 0 Å². The van der Waals surface area contributed by atoms with Crippen molar-refractivity contribution in [1.29, 1.82) is 0 Å². The fourth-order valence-electron chi connectivity index (χ4n) is 2.47. The van der Waals surface area contributed by atoms with E-state index in [4.69, 9.17) is 5.73 Å². The van der Waals surface area contributed by atoms with Crippen LogP contribution < -0.4 is 11.1 Å². The Hall–Kier alpha value is -0.610. The first-order valence-corrected chi connectivity index (χ1v) is 6.43. The van der Waals surface area contributed by atoms with Crippen LogP contribution in [0.15, 0.2) is 0 Å². The molecule has 2 fully saturated rings. The minimum atomic E-state index is -0.204. The molecule has 16 heavy (non-hydrogen) atoms. The average Bonchev–Trinajstić information content (AvgIpc) is 3.00. The number of carbonyl (C=O) groups excluding carboxylic acids is 1. The second-order valence-electron chi connectivity index (χ2n) is 5.40. The summed E-state index contributed by atoms with van der Waals surface area (Å²) in [7, 11) is 0. The molecule has 0 aromatic heterocycles. The Bertz CT molecular complexity index is 253. The van der Waals surface area contributed by atoms with Crippen LogP contribution in [0.1, 0.15) is 32.6 Å². The van der Waals surface area contributed by atoms with Gasteiger partial charge in [0.05, 0.1) is 6.04 Å². The predicted octanol–water partition coefficient (Wildman–Crippen LogP) is 0.324. The van der Waals surface area contributed by atoms with Gasteiger partial charge in [-0.1, -0.05) is 6.92 Å². The van der Waals surface area contributed by atoms with Crippen LogP contribution >= 0.6 is 0 Å². The summed E-state index contributed by atoms with van der Waals surface area (Å²) in [5.74, 6) is 0.549. The second-order valence-corrected chi connectivity index (χ2v) is 5.40. The Morgan fingerprint density at radius 3 is 2.81 bits per heavy atom. The Balaban J connectivity index is 1.81. The maximum Gasteiger partial charge on any atom is 0.235 e. The van der Waals surface area contributed by atoms with Gasteiger partial charge in [-0.15, -0.1) is 0 Å². The van der Waals surface area contributed by atoms with Crippen molar-refractivity contribution in [2.45, 2.75) is 44.7 Å². The molecule has 4 nitrogen and oxygen atoms in total. The first-order valence-electron chi connectivity index (χ1n) is 6.43. The van der Waals surface area contributed by atoms with E-state index in [1.807, 2.05) is 0 Å². The van der Waals surface area contributed by atoms with Gasteiger partial charge in [-0.3, -0.25) is 4.79 Å². The van der Waals surface area contributed by atoms with E-state index in [2.05, 4.69) is 17.1 Å². The van der Waals surface area contributed by atoms with Crippen LogP contribution in [0.5, 0.6) is 0 Å². The third kappa shape index (κ3) is 3.46. The molecular formula is C12H23N3O. The molecule has 92 valence electrons. The van der Waals surface area contributed by atoms with Gasteiger partial charge in [-0.25, -0.2) is 0 Å². The van der Waals surface area contributed by atoms with Crippen molar-refractivity contribution in [2.24, 2.45) is 11.7 Å². The van der Waals surface area contributed by atoms with E-state index in [1.165, 1.54) is 25.7 Å². The van der Waals surface area contributed by atoms with E-state index in [0.717, 1.165) is 25.6 Å². The van der Waals surface area contributed by atoms with Crippen molar-refractivity contribution < 1.29 is 4.79 Å². The molecule has 2 atom stereocenters. The lowest BCUT2D eigenvalue weighted by molar-refractivity contribution is -0.120. The van der Waals surface area contributed by atoms with Gasteiger partial charge in [-0.2, -0.15) is 0 Å². The van der Waals surface area contributed by atoms with Gasteiger partial charge in [0.1, 0.15) is 0 Å². The van der Waals surface area contributed by atoms with Crippen LogP contribution in [0.4, 0.5) is 0 Å². The summed E-state index contributed by atoms with van der Waals surface area (Å²) in [5, 5.41) is 3.34. The third-order valence-electron chi connectivity index (χ3n) is 3.54. The molecule has 0 aromatic carbocycles. The van der Waals surface area contributed by atoms with E-state index >= 15 is 0 Å². The number of piperidine rings is 1. The van der Waals surface area contributed by atoms with Crippen molar-refractivity contribution in [3.05, 3.63) is 0 Å². The highest BCUT2D eigenvalue weighted by molar-refractivity contribution is 5.80. The molecule has 1 heterocycles. The Labute approximate surface area is 97.6 Å². The van der Waals surface area contributed by atoms with Crippen molar-refractivity contribution >= 4 is 5.91 Å². The van der Waals surface area contributed by atoms with E-state index in [-0.39, 0.29) is 11.9 Å². The monoisotopic (exact) mass is 225 g/mol. The molecule has 3 N–H and O–H groups in total. The molecule has 4 heteroatoms. The minimum Gasteiger partial charge on any atom is -0.368 e. The van der Waals surface area contributed by atoms with Gasteiger partial charge in [0.2, 0.25) is 5.91 Å².